The van der Waals surface area contributed by atoms with Crippen LogP contribution in [-0.2, 0) is 4.74 Å². The zero-order valence-electron chi connectivity index (χ0n) is 12.1. The largest absolute Gasteiger partial charge is 0.496 e. The maximum atomic E-state index is 5.66. The van der Waals surface area contributed by atoms with Crippen LogP contribution in [0.4, 0.5) is 0 Å². The molecule has 1 rings (SSSR count). The number of methoxy groups -OCH3 is 3. The van der Waals surface area contributed by atoms with Gasteiger partial charge < -0.3 is 24.3 Å². The van der Waals surface area contributed by atoms with Crippen molar-refractivity contribution >= 4 is 0 Å². The molecule has 0 saturated carbocycles. The minimum atomic E-state index is 0.313. The Kier molecular flexibility index (Phi) is 7.07. The van der Waals surface area contributed by atoms with Crippen LogP contribution in [0, 0.1) is 0 Å². The summed E-state index contributed by atoms with van der Waals surface area (Å²) < 4.78 is 21.1. The second-order valence-corrected chi connectivity index (χ2v) is 4.21. The van der Waals surface area contributed by atoms with E-state index in [0.717, 1.165) is 23.8 Å². The summed E-state index contributed by atoms with van der Waals surface area (Å²) in [5.41, 5.74) is 0. The fourth-order valence-electron chi connectivity index (χ4n) is 1.65. The fraction of sp³-hybridized carbons (Fsp3) is 0.571. The molecule has 0 heterocycles. The smallest absolute Gasteiger partial charge is 0.126 e. The summed E-state index contributed by atoms with van der Waals surface area (Å²) in [6, 6.07) is 5.79. The lowest BCUT2D eigenvalue weighted by Gasteiger charge is -2.14. The zero-order valence-corrected chi connectivity index (χ0v) is 12.1. The van der Waals surface area contributed by atoms with Gasteiger partial charge in [-0.05, 0) is 6.92 Å². The van der Waals surface area contributed by atoms with Gasteiger partial charge in [0.15, 0.2) is 0 Å². The predicted molar refractivity (Wildman–Crippen MR) is 74.4 cm³/mol. The van der Waals surface area contributed by atoms with E-state index in [2.05, 4.69) is 12.2 Å². The topological polar surface area (TPSA) is 49.0 Å². The number of rotatable bonds is 9. The maximum Gasteiger partial charge on any atom is 0.126 e. The van der Waals surface area contributed by atoms with Crippen molar-refractivity contribution in [1.82, 2.24) is 5.32 Å². The highest BCUT2D eigenvalue weighted by Crippen LogP contribution is 2.27. The molecule has 0 amide bonds. The van der Waals surface area contributed by atoms with Crippen LogP contribution in [0.1, 0.15) is 6.92 Å². The first kappa shape index (κ1) is 15.6. The van der Waals surface area contributed by atoms with Crippen molar-refractivity contribution in [1.29, 1.82) is 0 Å². The molecular weight excluding hydrogens is 246 g/mol. The van der Waals surface area contributed by atoms with E-state index in [1.165, 1.54) is 0 Å². The minimum absolute atomic E-state index is 0.313. The van der Waals surface area contributed by atoms with Crippen molar-refractivity contribution in [3.05, 3.63) is 18.2 Å². The highest BCUT2D eigenvalue weighted by atomic mass is 16.5. The van der Waals surface area contributed by atoms with Crippen LogP contribution in [0.3, 0.4) is 0 Å². The first-order valence-corrected chi connectivity index (χ1v) is 6.27. The van der Waals surface area contributed by atoms with E-state index in [4.69, 9.17) is 18.9 Å². The van der Waals surface area contributed by atoms with Crippen molar-refractivity contribution in [2.45, 2.75) is 13.0 Å². The normalized spacial score (nSPS) is 12.0. The van der Waals surface area contributed by atoms with E-state index in [1.807, 2.05) is 18.2 Å². The molecule has 0 aliphatic carbocycles. The van der Waals surface area contributed by atoms with Gasteiger partial charge in [0.2, 0.25) is 0 Å². The maximum absolute atomic E-state index is 5.66. The monoisotopic (exact) mass is 269 g/mol. The van der Waals surface area contributed by atoms with E-state index in [0.29, 0.717) is 19.3 Å². The van der Waals surface area contributed by atoms with Gasteiger partial charge in [0.1, 0.15) is 23.9 Å². The quantitative estimate of drug-likeness (QED) is 0.692. The molecule has 0 saturated heterocycles. The lowest BCUT2D eigenvalue weighted by molar-refractivity contribution is 0.169. The minimum Gasteiger partial charge on any atom is -0.496 e. The summed E-state index contributed by atoms with van der Waals surface area (Å²) in [5.74, 6) is 2.17. The third-order valence-electron chi connectivity index (χ3n) is 2.61. The lowest BCUT2D eigenvalue weighted by Crippen LogP contribution is -2.33. The van der Waals surface area contributed by atoms with Crippen molar-refractivity contribution < 1.29 is 18.9 Å². The zero-order chi connectivity index (χ0) is 14.1. The van der Waals surface area contributed by atoms with Gasteiger partial charge in [-0.25, -0.2) is 0 Å². The van der Waals surface area contributed by atoms with Crippen molar-refractivity contribution in [3.63, 3.8) is 0 Å². The third kappa shape index (κ3) is 5.81. The SMILES string of the molecule is COCC(C)NCCOc1cc(OC)cc(OC)c1. The molecule has 1 N–H and O–H groups in total. The Hall–Kier alpha value is -1.46. The average Bonchev–Trinajstić information content (AvgIpc) is 2.43. The van der Waals surface area contributed by atoms with E-state index in [9.17, 15) is 0 Å². The number of hydrogen-bond donors (Lipinski definition) is 1. The van der Waals surface area contributed by atoms with Gasteiger partial charge in [0.25, 0.3) is 0 Å². The van der Waals surface area contributed by atoms with Crippen LogP contribution in [0.25, 0.3) is 0 Å². The predicted octanol–water partition coefficient (Wildman–Crippen LogP) is 1.71. The Morgan fingerprint density at radius 1 is 1.00 bits per heavy atom. The van der Waals surface area contributed by atoms with Gasteiger partial charge in [-0.3, -0.25) is 0 Å². The van der Waals surface area contributed by atoms with Crippen LogP contribution in [0.15, 0.2) is 18.2 Å². The van der Waals surface area contributed by atoms with Crippen LogP contribution in [0.5, 0.6) is 17.2 Å². The highest BCUT2D eigenvalue weighted by molar-refractivity contribution is 5.41. The molecule has 0 aliphatic rings. The van der Waals surface area contributed by atoms with Crippen LogP contribution in [-0.4, -0.2) is 47.1 Å². The summed E-state index contributed by atoms with van der Waals surface area (Å²) in [5, 5.41) is 3.30. The third-order valence-corrected chi connectivity index (χ3v) is 2.61. The Morgan fingerprint density at radius 3 is 2.11 bits per heavy atom. The summed E-state index contributed by atoms with van der Waals surface area (Å²) in [7, 11) is 4.93. The van der Waals surface area contributed by atoms with Crippen molar-refractivity contribution in [3.8, 4) is 17.2 Å². The van der Waals surface area contributed by atoms with Gasteiger partial charge in [-0.2, -0.15) is 0 Å². The number of ether oxygens (including phenoxy) is 4. The molecule has 0 radical (unpaired) electrons. The van der Waals surface area contributed by atoms with E-state index in [-0.39, 0.29) is 0 Å². The average molecular weight is 269 g/mol. The summed E-state index contributed by atoms with van der Waals surface area (Å²) >= 11 is 0. The molecule has 1 unspecified atom stereocenters. The molecule has 0 fully saturated rings. The fourth-order valence-corrected chi connectivity index (χ4v) is 1.65. The van der Waals surface area contributed by atoms with Gasteiger partial charge in [0, 0.05) is 37.9 Å². The number of hydrogen-bond acceptors (Lipinski definition) is 5. The molecule has 0 aliphatic heterocycles. The van der Waals surface area contributed by atoms with Crippen molar-refractivity contribution in [2.24, 2.45) is 0 Å². The molecule has 0 bridgehead atoms. The second kappa shape index (κ2) is 8.61. The summed E-state index contributed by atoms with van der Waals surface area (Å²) in [6.07, 6.45) is 0. The molecule has 19 heavy (non-hydrogen) atoms. The highest BCUT2D eigenvalue weighted by Gasteiger charge is 2.03. The first-order chi connectivity index (χ1) is 9.19. The van der Waals surface area contributed by atoms with E-state index in [1.54, 1.807) is 21.3 Å². The van der Waals surface area contributed by atoms with Crippen LogP contribution < -0.4 is 19.5 Å². The standard InChI is InChI=1S/C14H23NO4/c1-11(10-16-2)15-5-6-19-14-8-12(17-3)7-13(9-14)18-4/h7-9,11,15H,5-6,10H2,1-4H3. The summed E-state index contributed by atoms with van der Waals surface area (Å²) in [6.45, 7) is 4.08. The number of nitrogens with one attached hydrogen (secondary N) is 1. The molecule has 5 heteroatoms. The van der Waals surface area contributed by atoms with Gasteiger partial charge in [-0.15, -0.1) is 0 Å². The molecule has 5 nitrogen and oxygen atoms in total. The van der Waals surface area contributed by atoms with Gasteiger partial charge in [-0.1, -0.05) is 0 Å². The molecular formula is C14H23NO4. The van der Waals surface area contributed by atoms with Crippen LogP contribution in [0.2, 0.25) is 0 Å². The Balaban J connectivity index is 2.40. The Bertz CT molecular complexity index is 348. The van der Waals surface area contributed by atoms with E-state index >= 15 is 0 Å². The van der Waals surface area contributed by atoms with E-state index < -0.39 is 0 Å². The van der Waals surface area contributed by atoms with Gasteiger partial charge >= 0.3 is 0 Å². The van der Waals surface area contributed by atoms with Crippen LogP contribution >= 0.6 is 0 Å². The molecule has 1 atom stereocenters. The molecule has 1 aromatic carbocycles. The van der Waals surface area contributed by atoms with Gasteiger partial charge in [0.05, 0.1) is 20.8 Å². The first-order valence-electron chi connectivity index (χ1n) is 6.27. The lowest BCUT2D eigenvalue weighted by atomic mass is 10.3. The molecule has 1 aromatic rings. The molecule has 108 valence electrons. The number of benzene rings is 1. The molecule has 0 aromatic heterocycles. The Morgan fingerprint density at radius 2 is 1.58 bits per heavy atom. The van der Waals surface area contributed by atoms with Crippen molar-refractivity contribution in [2.75, 3.05) is 41.1 Å². The second-order valence-electron chi connectivity index (χ2n) is 4.21. The summed E-state index contributed by atoms with van der Waals surface area (Å²) in [4.78, 5) is 0. The Labute approximate surface area is 114 Å². The molecule has 0 spiro atoms.